The predicted octanol–water partition coefficient (Wildman–Crippen LogP) is 6.56. The van der Waals surface area contributed by atoms with E-state index in [-0.39, 0.29) is 29.7 Å². The van der Waals surface area contributed by atoms with E-state index in [2.05, 4.69) is 4.98 Å². The number of rotatable bonds is 9. The molecule has 2 aromatic heterocycles. The minimum absolute atomic E-state index is 0.00334. The molecule has 1 aliphatic heterocycles. The maximum Gasteiger partial charge on any atom is 0.335 e. The van der Waals surface area contributed by atoms with Crippen molar-refractivity contribution >= 4 is 17.0 Å². The quantitative estimate of drug-likeness (QED) is 0.215. The Morgan fingerprint density at radius 2 is 1.79 bits per heavy atom. The number of ether oxygens (including phenoxy) is 2. The van der Waals surface area contributed by atoms with Gasteiger partial charge >= 0.3 is 5.97 Å². The van der Waals surface area contributed by atoms with E-state index < -0.39 is 23.4 Å². The maximum atomic E-state index is 15.4. The zero-order valence-electron chi connectivity index (χ0n) is 22.4. The lowest BCUT2D eigenvalue weighted by Gasteiger charge is -2.15. The van der Waals surface area contributed by atoms with Gasteiger partial charge in [0.05, 0.1) is 34.9 Å². The Labute approximate surface area is 239 Å². The van der Waals surface area contributed by atoms with Gasteiger partial charge in [0.15, 0.2) is 11.6 Å². The molecule has 6 rings (SSSR count). The van der Waals surface area contributed by atoms with Gasteiger partial charge in [0.1, 0.15) is 18.2 Å². The summed E-state index contributed by atoms with van der Waals surface area (Å²) in [6.45, 7) is 1.18. The molecule has 1 atom stereocenters. The van der Waals surface area contributed by atoms with Crippen LogP contribution >= 0.6 is 0 Å². The molecule has 0 amide bonds. The van der Waals surface area contributed by atoms with Gasteiger partial charge in [-0.15, -0.1) is 0 Å². The summed E-state index contributed by atoms with van der Waals surface area (Å²) in [5, 5.41) is 9.50. The van der Waals surface area contributed by atoms with Crippen molar-refractivity contribution in [1.82, 2.24) is 14.5 Å². The van der Waals surface area contributed by atoms with Crippen LogP contribution in [-0.4, -0.2) is 38.3 Å². The average molecular weight is 574 g/mol. The highest BCUT2D eigenvalue weighted by atomic mass is 19.2. The number of imidazole rings is 1. The lowest BCUT2D eigenvalue weighted by molar-refractivity contribution is 0.0697. The van der Waals surface area contributed by atoms with Gasteiger partial charge in [-0.1, -0.05) is 18.2 Å². The summed E-state index contributed by atoms with van der Waals surface area (Å²) in [7, 11) is 0. The average Bonchev–Trinajstić information content (AvgIpc) is 3.62. The number of aromatic carboxylic acids is 1. The lowest BCUT2D eigenvalue weighted by Crippen LogP contribution is -2.17. The van der Waals surface area contributed by atoms with Crippen LogP contribution in [0.4, 0.5) is 13.2 Å². The Morgan fingerprint density at radius 1 is 0.952 bits per heavy atom. The minimum atomic E-state index is -1.02. The predicted molar refractivity (Wildman–Crippen MR) is 149 cm³/mol. The molecule has 1 N–H and O–H groups in total. The third-order valence-electron chi connectivity index (χ3n) is 7.25. The molecule has 0 bridgehead atoms. The van der Waals surface area contributed by atoms with E-state index in [1.54, 1.807) is 42.5 Å². The van der Waals surface area contributed by atoms with Crippen LogP contribution < -0.4 is 4.74 Å². The molecule has 0 saturated carbocycles. The molecule has 1 aliphatic rings. The number of halogens is 3. The zero-order valence-corrected chi connectivity index (χ0v) is 22.4. The van der Waals surface area contributed by atoms with E-state index in [1.807, 2.05) is 4.57 Å². The lowest BCUT2D eigenvalue weighted by atomic mass is 10.1. The van der Waals surface area contributed by atoms with Crippen LogP contribution in [0.25, 0.3) is 22.3 Å². The number of carboxylic acid groups (broad SMARTS) is 1. The number of carbonyl (C=O) groups is 1. The first-order valence-corrected chi connectivity index (χ1v) is 13.5. The third-order valence-corrected chi connectivity index (χ3v) is 7.25. The standard InChI is InChI=1S/C32H26F3N3O4/c33-24-10-7-20(14-26(24)35)18-42-31-5-1-4-27(37-31)23-9-6-19(13-25(23)34)15-30-36-28-11-8-21(32(39)40)16-29(28)38(30)17-22-3-2-12-41-22/h1,4-11,13-14,16,22H,2-3,12,15,17-18H2,(H,39,40). The van der Waals surface area contributed by atoms with Crippen molar-refractivity contribution in [3.05, 3.63) is 113 Å². The molecule has 1 saturated heterocycles. The number of hydrogen-bond donors (Lipinski definition) is 1. The van der Waals surface area contributed by atoms with Crippen LogP contribution in [0.2, 0.25) is 0 Å². The maximum absolute atomic E-state index is 15.4. The molecular weight excluding hydrogens is 547 g/mol. The molecule has 0 radical (unpaired) electrons. The van der Waals surface area contributed by atoms with E-state index >= 15 is 4.39 Å². The molecule has 214 valence electrons. The number of aromatic nitrogens is 3. The van der Waals surface area contributed by atoms with Crippen molar-refractivity contribution in [3.8, 4) is 17.1 Å². The van der Waals surface area contributed by atoms with Crippen LogP contribution in [0, 0.1) is 17.5 Å². The van der Waals surface area contributed by atoms with Crippen LogP contribution in [0.15, 0.2) is 72.8 Å². The van der Waals surface area contributed by atoms with Crippen LogP contribution in [0.3, 0.4) is 0 Å². The van der Waals surface area contributed by atoms with Gasteiger partial charge in [-0.3, -0.25) is 0 Å². The summed E-state index contributed by atoms with van der Waals surface area (Å²) in [4.78, 5) is 20.7. The second-order valence-electron chi connectivity index (χ2n) is 10.2. The van der Waals surface area contributed by atoms with Gasteiger partial charge in [0, 0.05) is 24.7 Å². The van der Waals surface area contributed by atoms with Crippen molar-refractivity contribution < 1.29 is 32.5 Å². The number of carboxylic acids is 1. The Bertz CT molecular complexity index is 1780. The SMILES string of the molecule is O=C(O)c1ccc2nc(Cc3ccc(-c4cccc(OCc5ccc(F)c(F)c5)n4)c(F)c3)n(CC3CCCO3)c2c1. The van der Waals surface area contributed by atoms with E-state index in [4.69, 9.17) is 14.5 Å². The van der Waals surface area contributed by atoms with E-state index in [1.165, 1.54) is 18.2 Å². The summed E-state index contributed by atoms with van der Waals surface area (Å²) in [5.74, 6) is -2.51. The molecule has 7 nitrogen and oxygen atoms in total. The van der Waals surface area contributed by atoms with Crippen LogP contribution in [-0.2, 0) is 24.3 Å². The summed E-state index contributed by atoms with van der Waals surface area (Å²) in [5.41, 5.74) is 3.27. The molecule has 0 aliphatic carbocycles. The molecule has 5 aromatic rings. The second kappa shape index (κ2) is 11.7. The van der Waals surface area contributed by atoms with Gasteiger partial charge in [-0.05, 0) is 72.5 Å². The van der Waals surface area contributed by atoms with Crippen molar-refractivity contribution in [2.45, 2.75) is 38.5 Å². The molecular formula is C32H26F3N3O4. The van der Waals surface area contributed by atoms with E-state index in [0.29, 0.717) is 53.3 Å². The van der Waals surface area contributed by atoms with Gasteiger partial charge in [-0.25, -0.2) is 27.9 Å². The van der Waals surface area contributed by atoms with Crippen molar-refractivity contribution in [2.24, 2.45) is 0 Å². The molecule has 3 heterocycles. The van der Waals surface area contributed by atoms with Crippen molar-refractivity contribution in [1.29, 1.82) is 0 Å². The van der Waals surface area contributed by atoms with Gasteiger partial charge in [0.25, 0.3) is 0 Å². The summed E-state index contributed by atoms with van der Waals surface area (Å²) >= 11 is 0. The normalized spacial score (nSPS) is 14.9. The van der Waals surface area contributed by atoms with Crippen molar-refractivity contribution in [2.75, 3.05) is 6.61 Å². The number of nitrogens with zero attached hydrogens (tertiary/aromatic N) is 3. The summed E-state index contributed by atoms with van der Waals surface area (Å²) in [6.07, 6.45) is 2.19. The first-order valence-electron chi connectivity index (χ1n) is 13.5. The monoisotopic (exact) mass is 573 g/mol. The molecule has 0 spiro atoms. The molecule has 10 heteroatoms. The Kier molecular flexibility index (Phi) is 7.62. The number of benzene rings is 3. The Balaban J connectivity index is 1.24. The Morgan fingerprint density at radius 3 is 2.55 bits per heavy atom. The largest absolute Gasteiger partial charge is 0.478 e. The van der Waals surface area contributed by atoms with E-state index in [9.17, 15) is 18.7 Å². The smallest absolute Gasteiger partial charge is 0.335 e. The summed E-state index contributed by atoms with van der Waals surface area (Å²) in [6, 6.07) is 18.1. The number of hydrogen-bond acceptors (Lipinski definition) is 5. The fourth-order valence-electron chi connectivity index (χ4n) is 5.13. The zero-order chi connectivity index (χ0) is 29.2. The van der Waals surface area contributed by atoms with Gasteiger partial charge in [-0.2, -0.15) is 0 Å². The molecule has 1 fully saturated rings. The highest BCUT2D eigenvalue weighted by Gasteiger charge is 2.21. The first-order chi connectivity index (χ1) is 20.3. The topological polar surface area (TPSA) is 86.5 Å². The van der Waals surface area contributed by atoms with E-state index in [0.717, 1.165) is 25.0 Å². The highest BCUT2D eigenvalue weighted by Crippen LogP contribution is 2.27. The number of pyridine rings is 1. The molecule has 1 unspecified atom stereocenters. The third kappa shape index (κ3) is 5.84. The second-order valence-corrected chi connectivity index (χ2v) is 10.2. The highest BCUT2D eigenvalue weighted by molar-refractivity contribution is 5.92. The summed E-state index contributed by atoms with van der Waals surface area (Å²) < 4.78 is 55.5. The van der Waals surface area contributed by atoms with Gasteiger partial charge < -0.3 is 19.1 Å². The molecule has 3 aromatic carbocycles. The fraction of sp³-hybridized carbons (Fsp3) is 0.219. The van der Waals surface area contributed by atoms with Gasteiger partial charge in [0.2, 0.25) is 5.88 Å². The van der Waals surface area contributed by atoms with Crippen molar-refractivity contribution in [3.63, 3.8) is 0 Å². The Hall–Kier alpha value is -4.70. The first kappa shape index (κ1) is 27.5. The van der Waals surface area contributed by atoms with Crippen LogP contribution in [0.5, 0.6) is 5.88 Å². The fourth-order valence-corrected chi connectivity index (χ4v) is 5.13. The van der Waals surface area contributed by atoms with Crippen LogP contribution in [0.1, 0.15) is 40.2 Å². The number of fused-ring (bicyclic) bond motifs is 1. The minimum Gasteiger partial charge on any atom is -0.478 e. The molecule has 42 heavy (non-hydrogen) atoms.